The van der Waals surface area contributed by atoms with E-state index in [9.17, 15) is 4.39 Å². The minimum atomic E-state index is -1.05. The summed E-state index contributed by atoms with van der Waals surface area (Å²) < 4.78 is 15.2. The van der Waals surface area contributed by atoms with Crippen LogP contribution in [0.15, 0.2) is 67.9 Å². The van der Waals surface area contributed by atoms with E-state index in [1.54, 1.807) is 19.2 Å². The van der Waals surface area contributed by atoms with E-state index in [4.69, 9.17) is 0 Å². The van der Waals surface area contributed by atoms with Crippen LogP contribution in [0.4, 0.5) is 16.0 Å². The van der Waals surface area contributed by atoms with Gasteiger partial charge in [0.2, 0.25) is 0 Å². The molecule has 4 heterocycles. The average Bonchev–Trinajstić information content (AvgIpc) is 3.23. The highest BCUT2D eigenvalue weighted by molar-refractivity contribution is 5.88. The molecule has 4 aromatic rings. The van der Waals surface area contributed by atoms with Gasteiger partial charge >= 0.3 is 0 Å². The lowest BCUT2D eigenvalue weighted by Crippen LogP contribution is -2.57. The van der Waals surface area contributed by atoms with Crippen molar-refractivity contribution >= 4 is 28.5 Å². The molecule has 1 N–H and O–H groups in total. The third-order valence-electron chi connectivity index (χ3n) is 5.46. The van der Waals surface area contributed by atoms with Crippen molar-refractivity contribution in [3.63, 3.8) is 0 Å². The topological polar surface area (TPSA) is 58.9 Å². The lowest BCUT2D eigenvalue weighted by molar-refractivity contribution is 0.144. The van der Waals surface area contributed by atoms with E-state index in [2.05, 4.69) is 51.1 Å². The van der Waals surface area contributed by atoms with Gasteiger partial charge in [0, 0.05) is 37.4 Å². The van der Waals surface area contributed by atoms with Gasteiger partial charge < -0.3 is 14.8 Å². The first-order valence-corrected chi connectivity index (χ1v) is 10.5. The molecular formula is C25H27FN6. The van der Waals surface area contributed by atoms with Crippen LogP contribution in [0.2, 0.25) is 0 Å². The van der Waals surface area contributed by atoms with E-state index in [1.807, 2.05) is 54.4 Å². The minimum absolute atomic E-state index is 0.431. The molecule has 1 fully saturated rings. The van der Waals surface area contributed by atoms with Crippen LogP contribution in [-0.2, 0) is 7.05 Å². The molecule has 0 atom stereocenters. The first-order chi connectivity index (χ1) is 15.4. The van der Waals surface area contributed by atoms with E-state index in [-0.39, 0.29) is 0 Å². The summed E-state index contributed by atoms with van der Waals surface area (Å²) >= 11 is 0. The van der Waals surface area contributed by atoms with E-state index in [0.29, 0.717) is 13.1 Å². The number of pyridine rings is 2. The number of benzene rings is 1. The summed E-state index contributed by atoms with van der Waals surface area (Å²) in [6.07, 6.45) is 9.06. The van der Waals surface area contributed by atoms with Crippen LogP contribution < -0.4 is 10.2 Å². The fourth-order valence-electron chi connectivity index (χ4n) is 3.72. The van der Waals surface area contributed by atoms with Crippen molar-refractivity contribution in [1.82, 2.24) is 19.5 Å². The Morgan fingerprint density at radius 3 is 2.56 bits per heavy atom. The number of alkyl halides is 1. The number of aromatic nitrogens is 4. The van der Waals surface area contributed by atoms with Crippen LogP contribution in [0.5, 0.6) is 0 Å². The molecule has 1 aromatic carbocycles. The third kappa shape index (κ3) is 4.61. The van der Waals surface area contributed by atoms with Crippen LogP contribution in [0.1, 0.15) is 12.5 Å². The number of nitrogens with zero attached hydrogens (tertiary/aromatic N) is 5. The van der Waals surface area contributed by atoms with Crippen molar-refractivity contribution in [2.75, 3.05) is 30.4 Å². The van der Waals surface area contributed by atoms with Crippen molar-refractivity contribution in [3.05, 3.63) is 73.5 Å². The molecule has 6 nitrogen and oxygen atoms in total. The summed E-state index contributed by atoms with van der Waals surface area (Å²) in [4.78, 5) is 14.6. The van der Waals surface area contributed by atoms with Gasteiger partial charge in [-0.2, -0.15) is 0 Å². The molecule has 0 radical (unpaired) electrons. The van der Waals surface area contributed by atoms with Crippen molar-refractivity contribution in [2.24, 2.45) is 7.05 Å². The van der Waals surface area contributed by atoms with E-state index >= 15 is 0 Å². The largest absolute Gasteiger partial charge is 0.373 e. The zero-order chi connectivity index (χ0) is 22.7. The number of hydrogen-bond donors (Lipinski definition) is 1. The van der Waals surface area contributed by atoms with Gasteiger partial charge in [-0.15, -0.1) is 0 Å². The molecule has 32 heavy (non-hydrogen) atoms. The van der Waals surface area contributed by atoms with Crippen LogP contribution in [0.3, 0.4) is 0 Å². The van der Waals surface area contributed by atoms with Crippen LogP contribution in [0, 0.1) is 0 Å². The van der Waals surface area contributed by atoms with Crippen LogP contribution >= 0.6 is 0 Å². The Morgan fingerprint density at radius 2 is 1.91 bits per heavy atom. The maximum atomic E-state index is 13.2. The first kappa shape index (κ1) is 21.5. The summed E-state index contributed by atoms with van der Waals surface area (Å²) in [6.45, 7) is 6.16. The van der Waals surface area contributed by atoms with E-state index < -0.39 is 5.67 Å². The molecule has 0 unspecified atom stereocenters. The summed E-state index contributed by atoms with van der Waals surface area (Å²) in [5.74, 6) is 1.71. The van der Waals surface area contributed by atoms with Gasteiger partial charge in [-0.25, -0.2) is 19.3 Å². The van der Waals surface area contributed by atoms with Gasteiger partial charge in [-0.05, 0) is 42.1 Å². The molecule has 7 heteroatoms. The Hall–Kier alpha value is -3.74. The second-order valence-corrected chi connectivity index (χ2v) is 8.19. The lowest BCUT2D eigenvalue weighted by Gasteiger charge is -2.43. The normalized spacial score (nSPS) is 14.3. The zero-order valence-corrected chi connectivity index (χ0v) is 18.6. The SMILES string of the molecule is C=Cc1ccnc(N2CC(C)(F)C2)c1.CNc1cc2cc(-c3cncn3C)ccc2cn1. The second kappa shape index (κ2) is 8.78. The Kier molecular flexibility index (Phi) is 5.90. The number of nitrogens with one attached hydrogen (secondary N) is 1. The van der Waals surface area contributed by atoms with Crippen molar-refractivity contribution in [2.45, 2.75) is 12.6 Å². The van der Waals surface area contributed by atoms with Gasteiger partial charge in [0.25, 0.3) is 0 Å². The highest BCUT2D eigenvalue weighted by atomic mass is 19.1. The molecule has 0 aliphatic carbocycles. The molecular weight excluding hydrogens is 403 g/mol. The molecule has 0 amide bonds. The molecule has 0 saturated carbocycles. The van der Waals surface area contributed by atoms with Gasteiger partial charge in [0.05, 0.1) is 31.3 Å². The van der Waals surface area contributed by atoms with Gasteiger partial charge in [-0.3, -0.25) is 0 Å². The zero-order valence-electron chi connectivity index (χ0n) is 18.6. The number of fused-ring (bicyclic) bond motifs is 1. The Labute approximate surface area is 187 Å². The number of hydrogen-bond acceptors (Lipinski definition) is 5. The molecule has 164 valence electrons. The molecule has 1 aliphatic heterocycles. The van der Waals surface area contributed by atoms with Crippen molar-refractivity contribution in [3.8, 4) is 11.3 Å². The predicted octanol–water partition coefficient (Wildman–Crippen LogP) is 4.95. The lowest BCUT2D eigenvalue weighted by atomic mass is 9.99. The number of aryl methyl sites for hydroxylation is 1. The summed E-state index contributed by atoms with van der Waals surface area (Å²) in [7, 11) is 3.87. The smallest absolute Gasteiger partial charge is 0.143 e. The van der Waals surface area contributed by atoms with Crippen molar-refractivity contribution < 1.29 is 4.39 Å². The molecule has 0 bridgehead atoms. The summed E-state index contributed by atoms with van der Waals surface area (Å²) in [6, 6.07) is 12.2. The highest BCUT2D eigenvalue weighted by Crippen LogP contribution is 2.29. The van der Waals surface area contributed by atoms with E-state index in [0.717, 1.165) is 33.8 Å². The molecule has 3 aromatic heterocycles. The fraction of sp³-hybridized carbons (Fsp3) is 0.240. The molecule has 1 aliphatic rings. The monoisotopic (exact) mass is 430 g/mol. The predicted molar refractivity (Wildman–Crippen MR) is 130 cm³/mol. The minimum Gasteiger partial charge on any atom is -0.373 e. The maximum Gasteiger partial charge on any atom is 0.143 e. The fourth-order valence-corrected chi connectivity index (χ4v) is 3.72. The van der Waals surface area contributed by atoms with E-state index in [1.165, 1.54) is 5.39 Å². The maximum absolute atomic E-state index is 13.2. The van der Waals surface area contributed by atoms with Crippen molar-refractivity contribution in [1.29, 1.82) is 0 Å². The molecule has 5 rings (SSSR count). The molecule has 0 spiro atoms. The Balaban J connectivity index is 0.000000158. The number of halogens is 1. The molecule has 1 saturated heterocycles. The highest BCUT2D eigenvalue weighted by Gasteiger charge is 2.39. The first-order valence-electron chi connectivity index (χ1n) is 10.5. The summed E-state index contributed by atoms with van der Waals surface area (Å²) in [5.41, 5.74) is 2.24. The number of rotatable bonds is 4. The second-order valence-electron chi connectivity index (χ2n) is 8.19. The number of imidazole rings is 1. The Morgan fingerprint density at radius 1 is 1.09 bits per heavy atom. The number of anilines is 2. The van der Waals surface area contributed by atoms with Gasteiger partial charge in [-0.1, -0.05) is 24.8 Å². The van der Waals surface area contributed by atoms with Crippen LogP contribution in [0.25, 0.3) is 28.1 Å². The standard InChI is InChI=1S/C14H14N4.C11H13FN2/c1-15-14-6-12-5-10(3-4-11(12)7-17-14)13-8-16-9-18(13)2;1-3-9-4-5-13-10(6-9)14-7-11(2,12)8-14/h3-9H,1-2H3,(H,15,17);3-6H,1,7-8H2,2H3. The quantitative estimate of drug-likeness (QED) is 0.496. The Bertz CT molecular complexity index is 1240. The third-order valence-corrected chi connectivity index (χ3v) is 5.46. The average molecular weight is 431 g/mol. The van der Waals surface area contributed by atoms with Gasteiger partial charge in [0.1, 0.15) is 17.3 Å². The summed E-state index contributed by atoms with van der Waals surface area (Å²) in [5, 5.41) is 5.37. The van der Waals surface area contributed by atoms with Crippen LogP contribution in [-0.4, -0.2) is 45.3 Å². The van der Waals surface area contributed by atoms with Gasteiger partial charge in [0.15, 0.2) is 0 Å².